The first-order valence-corrected chi connectivity index (χ1v) is 6.88. The molecular weight excluding hydrogens is 294 g/mol. The molecule has 0 aliphatic carbocycles. The Morgan fingerprint density at radius 3 is 2.50 bits per heavy atom. The number of hydrogen-bond donors (Lipinski definition) is 3. The third-order valence-corrected chi connectivity index (χ3v) is 3.45. The maximum atomic E-state index is 9.92. The number of phenols is 1. The number of hydrogen-bond acceptors (Lipinski definition) is 3. The van der Waals surface area contributed by atoms with Gasteiger partial charge in [-0.2, -0.15) is 0 Å². The van der Waals surface area contributed by atoms with Gasteiger partial charge in [0.25, 0.3) is 0 Å². The Morgan fingerprint density at radius 2 is 1.94 bits per heavy atom. The molecule has 0 heterocycles. The van der Waals surface area contributed by atoms with E-state index in [0.29, 0.717) is 18.8 Å². The lowest BCUT2D eigenvalue weighted by atomic mass is 9.89. The molecule has 0 saturated heterocycles. The molecule has 0 amide bonds. The van der Waals surface area contributed by atoms with Gasteiger partial charge in [-0.05, 0) is 30.0 Å². The Labute approximate surface area is 117 Å². The Hall–Kier alpha value is -0.580. The van der Waals surface area contributed by atoms with Crippen LogP contribution in [0.4, 0.5) is 0 Å². The topological polar surface area (TPSA) is 52.5 Å². The number of benzene rings is 1. The minimum Gasteiger partial charge on any atom is -0.507 e. The normalized spacial score (nSPS) is 13.7. The van der Waals surface area contributed by atoms with Crippen LogP contribution in [0.25, 0.3) is 0 Å². The summed E-state index contributed by atoms with van der Waals surface area (Å²) < 4.78 is 0.950. The predicted octanol–water partition coefficient (Wildman–Crippen LogP) is 2.96. The van der Waals surface area contributed by atoms with Gasteiger partial charge in [-0.1, -0.05) is 36.7 Å². The summed E-state index contributed by atoms with van der Waals surface area (Å²) in [6.45, 7) is 8.92. The van der Waals surface area contributed by atoms with Crippen LogP contribution in [0.3, 0.4) is 0 Å². The van der Waals surface area contributed by atoms with Crippen LogP contribution >= 0.6 is 15.9 Å². The molecule has 0 radical (unpaired) electrons. The van der Waals surface area contributed by atoms with Crippen LogP contribution in [0.15, 0.2) is 16.6 Å². The van der Waals surface area contributed by atoms with Crippen LogP contribution in [0.2, 0.25) is 0 Å². The van der Waals surface area contributed by atoms with Crippen molar-refractivity contribution in [2.24, 2.45) is 5.41 Å². The molecule has 1 unspecified atom stereocenters. The summed E-state index contributed by atoms with van der Waals surface area (Å²) in [5, 5.41) is 23.0. The average molecular weight is 316 g/mol. The van der Waals surface area contributed by atoms with E-state index in [1.54, 1.807) is 0 Å². The molecule has 1 aromatic rings. The molecule has 0 aliphatic heterocycles. The van der Waals surface area contributed by atoms with Gasteiger partial charge in [-0.25, -0.2) is 0 Å². The van der Waals surface area contributed by atoms with Gasteiger partial charge in [0, 0.05) is 23.1 Å². The number of halogens is 1. The second-order valence-corrected chi connectivity index (χ2v) is 6.66. The van der Waals surface area contributed by atoms with E-state index in [9.17, 15) is 10.2 Å². The molecule has 0 aliphatic rings. The molecule has 0 fully saturated rings. The lowest BCUT2D eigenvalue weighted by Gasteiger charge is -2.26. The van der Waals surface area contributed by atoms with E-state index in [1.165, 1.54) is 0 Å². The van der Waals surface area contributed by atoms with Gasteiger partial charge in [0.05, 0.1) is 6.10 Å². The first-order chi connectivity index (χ1) is 8.21. The third-order valence-electron chi connectivity index (χ3n) is 3.00. The maximum absolute atomic E-state index is 9.92. The molecule has 3 N–H and O–H groups in total. The standard InChI is InChI=1S/C14H22BrNO2/c1-9-5-11(15)6-10(13(9)18)7-16-8-12(17)14(2,3)4/h5-6,12,16-18H,7-8H2,1-4H3. The summed E-state index contributed by atoms with van der Waals surface area (Å²) in [5.41, 5.74) is 1.54. The summed E-state index contributed by atoms with van der Waals surface area (Å²) in [6, 6.07) is 3.77. The van der Waals surface area contributed by atoms with Gasteiger partial charge in [0.1, 0.15) is 5.75 Å². The molecule has 0 saturated carbocycles. The van der Waals surface area contributed by atoms with E-state index < -0.39 is 6.10 Å². The number of aryl methyl sites for hydroxylation is 1. The fourth-order valence-corrected chi connectivity index (χ4v) is 2.21. The number of rotatable bonds is 4. The maximum Gasteiger partial charge on any atom is 0.123 e. The quantitative estimate of drug-likeness (QED) is 0.800. The highest BCUT2D eigenvalue weighted by Gasteiger charge is 2.21. The number of aromatic hydroxyl groups is 1. The number of aliphatic hydroxyl groups is 1. The fraction of sp³-hybridized carbons (Fsp3) is 0.571. The Balaban J connectivity index is 2.60. The molecule has 18 heavy (non-hydrogen) atoms. The van der Waals surface area contributed by atoms with Crippen molar-refractivity contribution < 1.29 is 10.2 Å². The van der Waals surface area contributed by atoms with Crippen LogP contribution in [-0.4, -0.2) is 22.9 Å². The predicted molar refractivity (Wildman–Crippen MR) is 77.7 cm³/mol. The van der Waals surface area contributed by atoms with Crippen molar-refractivity contribution in [1.29, 1.82) is 0 Å². The van der Waals surface area contributed by atoms with E-state index in [1.807, 2.05) is 39.8 Å². The highest BCUT2D eigenvalue weighted by atomic mass is 79.9. The minimum absolute atomic E-state index is 0.137. The van der Waals surface area contributed by atoms with E-state index in [0.717, 1.165) is 15.6 Å². The molecule has 1 aromatic carbocycles. The summed E-state index contributed by atoms with van der Waals surface area (Å²) in [7, 11) is 0. The zero-order valence-corrected chi connectivity index (χ0v) is 13.0. The molecule has 4 heteroatoms. The molecule has 0 spiro atoms. The van der Waals surface area contributed by atoms with E-state index in [-0.39, 0.29) is 5.41 Å². The van der Waals surface area contributed by atoms with E-state index in [2.05, 4.69) is 21.2 Å². The number of aliphatic hydroxyl groups excluding tert-OH is 1. The zero-order valence-electron chi connectivity index (χ0n) is 11.4. The first-order valence-electron chi connectivity index (χ1n) is 6.08. The summed E-state index contributed by atoms with van der Waals surface area (Å²) >= 11 is 3.41. The molecule has 102 valence electrons. The molecule has 3 nitrogen and oxygen atoms in total. The van der Waals surface area contributed by atoms with E-state index >= 15 is 0 Å². The van der Waals surface area contributed by atoms with Crippen molar-refractivity contribution >= 4 is 15.9 Å². The van der Waals surface area contributed by atoms with Gasteiger partial charge in [-0.15, -0.1) is 0 Å². The molecule has 0 bridgehead atoms. The van der Waals surface area contributed by atoms with Crippen molar-refractivity contribution in [1.82, 2.24) is 5.32 Å². The van der Waals surface area contributed by atoms with Crippen LogP contribution in [0.1, 0.15) is 31.9 Å². The smallest absolute Gasteiger partial charge is 0.123 e. The van der Waals surface area contributed by atoms with Crippen molar-refractivity contribution in [2.45, 2.75) is 40.3 Å². The summed E-state index contributed by atoms with van der Waals surface area (Å²) in [6.07, 6.45) is -0.409. The Bertz CT molecular complexity index is 413. The summed E-state index contributed by atoms with van der Waals surface area (Å²) in [4.78, 5) is 0. The van der Waals surface area contributed by atoms with E-state index in [4.69, 9.17) is 0 Å². The van der Waals surface area contributed by atoms with Crippen LogP contribution in [0.5, 0.6) is 5.75 Å². The number of nitrogens with one attached hydrogen (secondary N) is 1. The van der Waals surface area contributed by atoms with Gasteiger partial charge in [0.15, 0.2) is 0 Å². The molecule has 1 rings (SSSR count). The van der Waals surface area contributed by atoms with Gasteiger partial charge >= 0.3 is 0 Å². The highest BCUT2D eigenvalue weighted by Crippen LogP contribution is 2.26. The SMILES string of the molecule is Cc1cc(Br)cc(CNCC(O)C(C)(C)C)c1O. The second kappa shape index (κ2) is 6.04. The summed E-state index contributed by atoms with van der Waals surface area (Å²) in [5.74, 6) is 0.316. The molecule has 1 atom stereocenters. The second-order valence-electron chi connectivity index (χ2n) is 5.74. The average Bonchev–Trinajstić information content (AvgIpc) is 2.23. The van der Waals surface area contributed by atoms with Crippen molar-refractivity contribution in [3.05, 3.63) is 27.7 Å². The molecular formula is C14H22BrNO2. The largest absolute Gasteiger partial charge is 0.507 e. The minimum atomic E-state index is -0.409. The van der Waals surface area contributed by atoms with Crippen LogP contribution < -0.4 is 5.32 Å². The first kappa shape index (κ1) is 15.5. The molecule has 0 aromatic heterocycles. The lowest BCUT2D eigenvalue weighted by molar-refractivity contribution is 0.0627. The van der Waals surface area contributed by atoms with Gasteiger partial charge < -0.3 is 15.5 Å². The highest BCUT2D eigenvalue weighted by molar-refractivity contribution is 9.10. The van der Waals surface area contributed by atoms with Crippen LogP contribution in [0, 0.1) is 12.3 Å². The fourth-order valence-electron chi connectivity index (χ4n) is 1.59. The number of phenolic OH excluding ortho intramolecular Hbond substituents is 1. The Morgan fingerprint density at radius 1 is 1.33 bits per heavy atom. The van der Waals surface area contributed by atoms with Gasteiger partial charge in [-0.3, -0.25) is 0 Å². The van der Waals surface area contributed by atoms with Gasteiger partial charge in [0.2, 0.25) is 0 Å². The third kappa shape index (κ3) is 4.26. The van der Waals surface area contributed by atoms with Crippen molar-refractivity contribution in [2.75, 3.05) is 6.54 Å². The van der Waals surface area contributed by atoms with Crippen molar-refractivity contribution in [3.63, 3.8) is 0 Å². The Kier molecular flexibility index (Phi) is 5.20. The lowest BCUT2D eigenvalue weighted by Crippen LogP contribution is -2.36. The zero-order chi connectivity index (χ0) is 13.9. The van der Waals surface area contributed by atoms with Crippen LogP contribution in [-0.2, 0) is 6.54 Å². The van der Waals surface area contributed by atoms with Crippen molar-refractivity contribution in [3.8, 4) is 5.75 Å². The monoisotopic (exact) mass is 315 g/mol.